The van der Waals surface area contributed by atoms with E-state index in [0.29, 0.717) is 29.5 Å². The molecule has 0 aliphatic carbocycles. The van der Waals surface area contributed by atoms with Crippen LogP contribution in [-0.4, -0.2) is 21.9 Å². The minimum Gasteiger partial charge on any atom is -0.350 e. The van der Waals surface area contributed by atoms with Crippen molar-refractivity contribution in [1.82, 2.24) is 9.88 Å². The lowest BCUT2D eigenvalue weighted by molar-refractivity contribution is -0.126. The van der Waals surface area contributed by atoms with Crippen LogP contribution in [0.4, 0.5) is 5.69 Å². The highest BCUT2D eigenvalue weighted by molar-refractivity contribution is 7.16. The first-order valence-corrected chi connectivity index (χ1v) is 11.2. The molecule has 1 unspecified atom stereocenters. The molecule has 0 fully saturated rings. The lowest BCUT2D eigenvalue weighted by Gasteiger charge is -2.44. The first kappa shape index (κ1) is 19.8. The number of hydrogen-bond donors (Lipinski definition) is 1. The Morgan fingerprint density at radius 1 is 1.13 bits per heavy atom. The summed E-state index contributed by atoms with van der Waals surface area (Å²) >= 11 is 7.65. The molecule has 0 radical (unpaired) electrons. The van der Waals surface area contributed by atoms with Crippen LogP contribution in [-0.2, 0) is 17.9 Å². The van der Waals surface area contributed by atoms with Crippen LogP contribution in [0.2, 0.25) is 5.02 Å². The van der Waals surface area contributed by atoms with Crippen LogP contribution in [0.25, 0.3) is 10.2 Å². The Morgan fingerprint density at radius 2 is 1.87 bits per heavy atom. The molecule has 5 nitrogen and oxygen atoms in total. The van der Waals surface area contributed by atoms with Gasteiger partial charge in [0.2, 0.25) is 5.91 Å². The summed E-state index contributed by atoms with van der Waals surface area (Å²) in [5, 5.41) is 6.63. The van der Waals surface area contributed by atoms with Gasteiger partial charge in [0.05, 0.1) is 6.54 Å². The second kappa shape index (κ2) is 7.55. The Hall–Kier alpha value is -3.09. The summed E-state index contributed by atoms with van der Waals surface area (Å²) in [6.45, 7) is 2.58. The molecule has 0 saturated heterocycles. The zero-order valence-corrected chi connectivity index (χ0v) is 18.4. The molecular formula is C24H20ClN3O2S. The molecule has 0 spiro atoms. The van der Waals surface area contributed by atoms with Crippen LogP contribution in [0, 0.1) is 0 Å². The molecule has 2 aromatic carbocycles. The molecule has 5 rings (SSSR count). The molecule has 2 amide bonds. The van der Waals surface area contributed by atoms with Crippen molar-refractivity contribution < 1.29 is 9.59 Å². The monoisotopic (exact) mass is 449 g/mol. The van der Waals surface area contributed by atoms with Gasteiger partial charge < -0.3 is 9.88 Å². The molecule has 156 valence electrons. The SMILES string of the molecule is CC1(C(=O)NCc2ccccc2)Cn2c(cc3ccsc32)C(=O)N1c1ccc(Cl)cc1. The number of carbonyl (C=O) groups excluding carboxylic acids is 2. The Labute approximate surface area is 188 Å². The average Bonchev–Trinajstić information content (AvgIpc) is 3.36. The molecule has 1 aliphatic rings. The van der Waals surface area contributed by atoms with Crippen LogP contribution in [0.15, 0.2) is 72.1 Å². The van der Waals surface area contributed by atoms with Crippen molar-refractivity contribution in [1.29, 1.82) is 0 Å². The molecule has 2 aromatic heterocycles. The fraction of sp³-hybridized carbons (Fsp3) is 0.167. The number of rotatable bonds is 4. The van der Waals surface area contributed by atoms with Gasteiger partial charge in [-0.25, -0.2) is 0 Å². The maximum atomic E-state index is 13.7. The summed E-state index contributed by atoms with van der Waals surface area (Å²) < 4.78 is 1.97. The highest BCUT2D eigenvalue weighted by Gasteiger charge is 2.48. The van der Waals surface area contributed by atoms with Gasteiger partial charge in [-0.2, -0.15) is 0 Å². The minimum absolute atomic E-state index is 0.200. The zero-order valence-electron chi connectivity index (χ0n) is 16.8. The van der Waals surface area contributed by atoms with E-state index in [0.717, 1.165) is 15.8 Å². The maximum Gasteiger partial charge on any atom is 0.275 e. The van der Waals surface area contributed by atoms with Gasteiger partial charge >= 0.3 is 0 Å². The third-order valence-electron chi connectivity index (χ3n) is 5.75. The van der Waals surface area contributed by atoms with Gasteiger partial charge in [-0.05, 0) is 54.3 Å². The van der Waals surface area contributed by atoms with Crippen LogP contribution in [0.1, 0.15) is 23.0 Å². The van der Waals surface area contributed by atoms with Crippen LogP contribution in [0.3, 0.4) is 0 Å². The third-order valence-corrected chi connectivity index (χ3v) is 6.96. The van der Waals surface area contributed by atoms with Crippen molar-refractivity contribution >= 4 is 50.7 Å². The van der Waals surface area contributed by atoms with E-state index in [9.17, 15) is 9.59 Å². The lowest BCUT2D eigenvalue weighted by Crippen LogP contribution is -2.64. The van der Waals surface area contributed by atoms with Gasteiger partial charge in [0, 0.05) is 22.6 Å². The number of hydrogen-bond acceptors (Lipinski definition) is 3. The van der Waals surface area contributed by atoms with Gasteiger partial charge in [-0.15, -0.1) is 11.3 Å². The van der Waals surface area contributed by atoms with Gasteiger partial charge in [0.15, 0.2) is 0 Å². The second-order valence-electron chi connectivity index (χ2n) is 7.86. The number of nitrogens with zero attached hydrogens (tertiary/aromatic N) is 2. The number of fused-ring (bicyclic) bond motifs is 3. The van der Waals surface area contributed by atoms with E-state index in [2.05, 4.69) is 5.32 Å². The predicted octanol–water partition coefficient (Wildman–Crippen LogP) is 5.09. The van der Waals surface area contributed by atoms with Crippen molar-refractivity contribution in [3.05, 3.63) is 88.4 Å². The third kappa shape index (κ3) is 3.32. The molecule has 1 aliphatic heterocycles. The zero-order chi connectivity index (χ0) is 21.6. The molecule has 1 N–H and O–H groups in total. The topological polar surface area (TPSA) is 54.3 Å². The number of anilines is 1. The number of amides is 2. The predicted molar refractivity (Wildman–Crippen MR) is 125 cm³/mol. The van der Waals surface area contributed by atoms with E-state index in [1.165, 1.54) is 0 Å². The Bertz CT molecular complexity index is 1280. The maximum absolute atomic E-state index is 13.7. The summed E-state index contributed by atoms with van der Waals surface area (Å²) in [6.07, 6.45) is 0. The van der Waals surface area contributed by atoms with Crippen molar-refractivity contribution in [2.45, 2.75) is 25.6 Å². The quantitative estimate of drug-likeness (QED) is 0.471. The first-order valence-electron chi connectivity index (χ1n) is 9.96. The van der Waals surface area contributed by atoms with E-state index in [4.69, 9.17) is 11.6 Å². The molecule has 31 heavy (non-hydrogen) atoms. The average molecular weight is 450 g/mol. The largest absolute Gasteiger partial charge is 0.350 e. The highest BCUT2D eigenvalue weighted by atomic mass is 35.5. The van der Waals surface area contributed by atoms with Gasteiger partial charge in [0.1, 0.15) is 16.1 Å². The molecule has 4 aromatic rings. The summed E-state index contributed by atoms with van der Waals surface area (Å²) in [7, 11) is 0. The number of halogens is 1. The molecular weight excluding hydrogens is 430 g/mol. The van der Waals surface area contributed by atoms with Crippen molar-refractivity contribution in [3.63, 3.8) is 0 Å². The van der Waals surface area contributed by atoms with E-state index in [1.54, 1.807) is 40.5 Å². The molecule has 3 heterocycles. The number of benzene rings is 2. The van der Waals surface area contributed by atoms with E-state index in [-0.39, 0.29) is 11.8 Å². The Morgan fingerprint density at radius 3 is 2.61 bits per heavy atom. The van der Waals surface area contributed by atoms with E-state index >= 15 is 0 Å². The van der Waals surface area contributed by atoms with Crippen LogP contribution < -0.4 is 10.2 Å². The molecule has 0 saturated carbocycles. The van der Waals surface area contributed by atoms with Crippen LogP contribution >= 0.6 is 22.9 Å². The minimum atomic E-state index is -1.11. The van der Waals surface area contributed by atoms with Gasteiger partial charge in [0.25, 0.3) is 5.91 Å². The summed E-state index contributed by atoms with van der Waals surface area (Å²) in [6, 6.07) is 20.7. The second-order valence-corrected chi connectivity index (χ2v) is 9.19. The first-order chi connectivity index (χ1) is 15.0. The van der Waals surface area contributed by atoms with Crippen molar-refractivity contribution in [3.8, 4) is 0 Å². The number of carbonyl (C=O) groups is 2. The highest BCUT2D eigenvalue weighted by Crippen LogP contribution is 2.37. The van der Waals surface area contributed by atoms with Crippen molar-refractivity contribution in [2.24, 2.45) is 0 Å². The number of aromatic nitrogens is 1. The molecule has 7 heteroatoms. The fourth-order valence-corrected chi connectivity index (χ4v) is 5.18. The van der Waals surface area contributed by atoms with E-state index < -0.39 is 5.54 Å². The van der Waals surface area contributed by atoms with Crippen LogP contribution in [0.5, 0.6) is 0 Å². The normalized spacial score (nSPS) is 18.3. The standard InChI is InChI=1S/C24H20ClN3O2S/c1-24(23(30)26-14-16-5-3-2-4-6-16)15-27-20(13-17-11-12-31-22(17)27)21(29)28(24)19-9-7-18(25)8-10-19/h2-13H,14-15H2,1H3,(H,26,30). The smallest absolute Gasteiger partial charge is 0.275 e. The van der Waals surface area contributed by atoms with E-state index in [1.807, 2.05) is 59.3 Å². The lowest BCUT2D eigenvalue weighted by atomic mass is 9.93. The number of nitrogens with one attached hydrogen (secondary N) is 1. The van der Waals surface area contributed by atoms with Gasteiger partial charge in [-0.3, -0.25) is 14.5 Å². The summed E-state index contributed by atoms with van der Waals surface area (Å²) in [4.78, 5) is 29.8. The van der Waals surface area contributed by atoms with Crippen molar-refractivity contribution in [2.75, 3.05) is 4.90 Å². The molecule has 1 atom stereocenters. The Balaban J connectivity index is 1.57. The summed E-state index contributed by atoms with van der Waals surface area (Å²) in [5.74, 6) is -0.405. The Kier molecular flexibility index (Phi) is 4.84. The summed E-state index contributed by atoms with van der Waals surface area (Å²) in [5.41, 5.74) is 1.12. The number of thiophene rings is 1. The van der Waals surface area contributed by atoms with Gasteiger partial charge in [-0.1, -0.05) is 41.9 Å². The molecule has 0 bridgehead atoms. The fourth-order valence-electron chi connectivity index (χ4n) is 4.16.